The third-order valence-corrected chi connectivity index (χ3v) is 3.64. The lowest BCUT2D eigenvalue weighted by atomic mass is 10.2. The summed E-state index contributed by atoms with van der Waals surface area (Å²) in [5.41, 5.74) is 0. The Morgan fingerprint density at radius 2 is 2.08 bits per heavy atom. The van der Waals surface area contributed by atoms with E-state index in [1.54, 1.807) is 13.2 Å². The zero-order chi connectivity index (χ0) is 17.0. The van der Waals surface area contributed by atoms with Crippen molar-refractivity contribution in [2.24, 2.45) is 4.99 Å². The van der Waals surface area contributed by atoms with E-state index in [0.29, 0.717) is 6.54 Å². The van der Waals surface area contributed by atoms with Crippen molar-refractivity contribution in [3.05, 3.63) is 48.8 Å². The number of aromatic nitrogens is 2. The van der Waals surface area contributed by atoms with Gasteiger partial charge < -0.3 is 15.4 Å². The molecule has 2 N–H and O–H groups in total. The van der Waals surface area contributed by atoms with Crippen LogP contribution in [0.5, 0.6) is 5.75 Å². The van der Waals surface area contributed by atoms with Crippen molar-refractivity contribution in [3.63, 3.8) is 0 Å². The molecule has 1 aromatic carbocycles. The van der Waals surface area contributed by atoms with Crippen LogP contribution < -0.4 is 15.4 Å². The maximum absolute atomic E-state index is 5.98. The predicted octanol–water partition coefficient (Wildman–Crippen LogP) is 2.30. The zero-order valence-electron chi connectivity index (χ0n) is 14.5. The number of para-hydroxylation sites is 1. The molecule has 0 aliphatic carbocycles. The van der Waals surface area contributed by atoms with Crippen LogP contribution in [0.4, 0.5) is 0 Å². The standard InChI is InChI=1S/C18H27N5O/c1-3-16(24-17-9-5-4-6-10-17)15-21-18(19-2)20-11-7-13-23-14-8-12-22-23/h4-6,8-10,12,14,16H,3,7,11,13,15H2,1-2H3,(H2,19,20,21). The van der Waals surface area contributed by atoms with Gasteiger partial charge in [-0.05, 0) is 31.0 Å². The summed E-state index contributed by atoms with van der Waals surface area (Å²) in [4.78, 5) is 4.25. The topological polar surface area (TPSA) is 63.5 Å². The lowest BCUT2D eigenvalue weighted by Crippen LogP contribution is -2.42. The smallest absolute Gasteiger partial charge is 0.191 e. The van der Waals surface area contributed by atoms with Crippen molar-refractivity contribution in [2.75, 3.05) is 20.1 Å². The number of guanidine groups is 1. The molecule has 1 atom stereocenters. The molecule has 0 aliphatic rings. The molecule has 0 spiro atoms. The highest BCUT2D eigenvalue weighted by molar-refractivity contribution is 5.79. The normalized spacial score (nSPS) is 12.7. The molecule has 0 radical (unpaired) electrons. The first kappa shape index (κ1) is 17.8. The SMILES string of the molecule is CCC(CNC(=NC)NCCCn1cccn1)Oc1ccccc1. The molecule has 0 bridgehead atoms. The average Bonchev–Trinajstić information content (AvgIpc) is 3.14. The Morgan fingerprint density at radius 1 is 1.25 bits per heavy atom. The van der Waals surface area contributed by atoms with Gasteiger partial charge in [0.2, 0.25) is 0 Å². The molecule has 24 heavy (non-hydrogen) atoms. The first-order chi connectivity index (χ1) is 11.8. The lowest BCUT2D eigenvalue weighted by Gasteiger charge is -2.20. The second-order valence-corrected chi connectivity index (χ2v) is 5.46. The Kier molecular flexibility index (Phi) is 7.67. The van der Waals surface area contributed by atoms with Crippen LogP contribution in [-0.4, -0.2) is 42.0 Å². The van der Waals surface area contributed by atoms with Crippen LogP contribution in [0.2, 0.25) is 0 Å². The molecule has 0 aliphatic heterocycles. The first-order valence-electron chi connectivity index (χ1n) is 8.45. The number of nitrogens with one attached hydrogen (secondary N) is 2. The minimum atomic E-state index is 0.107. The number of hydrogen-bond acceptors (Lipinski definition) is 3. The quantitative estimate of drug-likeness (QED) is 0.421. The monoisotopic (exact) mass is 329 g/mol. The maximum atomic E-state index is 5.98. The molecule has 6 nitrogen and oxygen atoms in total. The molecule has 0 amide bonds. The van der Waals surface area contributed by atoms with Crippen LogP contribution in [0.1, 0.15) is 19.8 Å². The van der Waals surface area contributed by atoms with E-state index in [9.17, 15) is 0 Å². The number of ether oxygens (including phenoxy) is 1. The van der Waals surface area contributed by atoms with Crippen molar-refractivity contribution in [1.29, 1.82) is 0 Å². The van der Waals surface area contributed by atoms with E-state index in [-0.39, 0.29) is 6.10 Å². The van der Waals surface area contributed by atoms with E-state index in [0.717, 1.165) is 37.6 Å². The summed E-state index contributed by atoms with van der Waals surface area (Å²) in [7, 11) is 1.78. The summed E-state index contributed by atoms with van der Waals surface area (Å²) < 4.78 is 7.91. The highest BCUT2D eigenvalue weighted by atomic mass is 16.5. The zero-order valence-corrected chi connectivity index (χ0v) is 14.5. The van der Waals surface area contributed by atoms with Crippen LogP contribution in [0.3, 0.4) is 0 Å². The van der Waals surface area contributed by atoms with E-state index in [4.69, 9.17) is 4.74 Å². The lowest BCUT2D eigenvalue weighted by molar-refractivity contribution is 0.199. The van der Waals surface area contributed by atoms with Crippen LogP contribution in [0.25, 0.3) is 0 Å². The van der Waals surface area contributed by atoms with Gasteiger partial charge in [0.25, 0.3) is 0 Å². The Balaban J connectivity index is 1.67. The minimum Gasteiger partial charge on any atom is -0.489 e. The van der Waals surface area contributed by atoms with E-state index in [1.165, 1.54) is 0 Å². The van der Waals surface area contributed by atoms with E-state index >= 15 is 0 Å². The van der Waals surface area contributed by atoms with Gasteiger partial charge in [0.1, 0.15) is 11.9 Å². The number of rotatable bonds is 9. The fourth-order valence-electron chi connectivity index (χ4n) is 2.27. The van der Waals surface area contributed by atoms with Crippen LogP contribution in [-0.2, 0) is 6.54 Å². The number of nitrogens with zero attached hydrogens (tertiary/aromatic N) is 3. The number of aliphatic imine (C=N–C) groups is 1. The summed E-state index contributed by atoms with van der Waals surface area (Å²) in [6.07, 6.45) is 5.79. The molecule has 2 aromatic rings. The highest BCUT2D eigenvalue weighted by Gasteiger charge is 2.09. The van der Waals surface area contributed by atoms with Crippen LogP contribution in [0.15, 0.2) is 53.8 Å². The number of hydrogen-bond donors (Lipinski definition) is 2. The molecule has 6 heteroatoms. The third-order valence-electron chi connectivity index (χ3n) is 3.64. The summed E-state index contributed by atoms with van der Waals surface area (Å²) in [5, 5.41) is 10.8. The Hall–Kier alpha value is -2.50. The number of aryl methyl sites for hydroxylation is 1. The first-order valence-corrected chi connectivity index (χ1v) is 8.45. The Morgan fingerprint density at radius 3 is 2.75 bits per heavy atom. The van der Waals surface area contributed by atoms with Crippen molar-refractivity contribution in [2.45, 2.75) is 32.4 Å². The van der Waals surface area contributed by atoms with Gasteiger partial charge in [0.15, 0.2) is 5.96 Å². The fourth-order valence-corrected chi connectivity index (χ4v) is 2.27. The van der Waals surface area contributed by atoms with Gasteiger partial charge >= 0.3 is 0 Å². The summed E-state index contributed by atoms with van der Waals surface area (Å²) in [6, 6.07) is 11.8. The average molecular weight is 329 g/mol. The van der Waals surface area contributed by atoms with Gasteiger partial charge in [-0.1, -0.05) is 25.1 Å². The van der Waals surface area contributed by atoms with E-state index in [1.807, 2.05) is 47.3 Å². The van der Waals surface area contributed by atoms with Crippen molar-refractivity contribution in [1.82, 2.24) is 20.4 Å². The highest BCUT2D eigenvalue weighted by Crippen LogP contribution is 2.11. The van der Waals surface area contributed by atoms with Gasteiger partial charge in [-0.15, -0.1) is 0 Å². The minimum absolute atomic E-state index is 0.107. The molecule has 1 unspecified atom stereocenters. The number of benzene rings is 1. The third kappa shape index (κ3) is 6.32. The molecule has 130 valence electrons. The molecule has 0 saturated heterocycles. The van der Waals surface area contributed by atoms with E-state index in [2.05, 4.69) is 27.6 Å². The molecule has 1 heterocycles. The van der Waals surface area contributed by atoms with Gasteiger partial charge in [0.05, 0.1) is 6.54 Å². The summed E-state index contributed by atoms with van der Waals surface area (Å²) in [6.45, 7) is 4.57. The van der Waals surface area contributed by atoms with Gasteiger partial charge in [-0.2, -0.15) is 5.10 Å². The second-order valence-electron chi connectivity index (χ2n) is 5.46. The second kappa shape index (κ2) is 10.3. The maximum Gasteiger partial charge on any atom is 0.191 e. The van der Waals surface area contributed by atoms with Crippen molar-refractivity contribution in [3.8, 4) is 5.75 Å². The molecular weight excluding hydrogens is 302 g/mol. The molecule has 1 aromatic heterocycles. The summed E-state index contributed by atoms with van der Waals surface area (Å²) in [5.74, 6) is 1.69. The molecule has 2 rings (SSSR count). The largest absolute Gasteiger partial charge is 0.489 e. The van der Waals surface area contributed by atoms with Crippen LogP contribution >= 0.6 is 0 Å². The van der Waals surface area contributed by atoms with E-state index < -0.39 is 0 Å². The van der Waals surface area contributed by atoms with Crippen LogP contribution in [0, 0.1) is 0 Å². The molecule has 0 saturated carbocycles. The Bertz CT molecular complexity index is 583. The van der Waals surface area contributed by atoms with Crippen molar-refractivity contribution < 1.29 is 4.74 Å². The fraction of sp³-hybridized carbons (Fsp3) is 0.444. The predicted molar refractivity (Wildman–Crippen MR) is 97.4 cm³/mol. The van der Waals surface area contributed by atoms with Gasteiger partial charge in [-0.25, -0.2) is 0 Å². The summed E-state index contributed by atoms with van der Waals surface area (Å²) >= 11 is 0. The van der Waals surface area contributed by atoms with Gasteiger partial charge in [-0.3, -0.25) is 9.67 Å². The van der Waals surface area contributed by atoms with Crippen molar-refractivity contribution >= 4 is 5.96 Å². The molecular formula is C18H27N5O. The molecule has 0 fully saturated rings. The van der Waals surface area contributed by atoms with Gasteiger partial charge in [0, 0.05) is 32.5 Å². The Labute approximate surface area is 143 Å².